The number of aromatic nitrogens is 1. The predicted octanol–water partition coefficient (Wildman–Crippen LogP) is 1.33. The molecule has 26 heavy (non-hydrogen) atoms. The van der Waals surface area contributed by atoms with E-state index in [1.165, 1.54) is 6.20 Å². The summed E-state index contributed by atoms with van der Waals surface area (Å²) in [5, 5.41) is 37.2. The summed E-state index contributed by atoms with van der Waals surface area (Å²) in [6.45, 7) is 2.94. The van der Waals surface area contributed by atoms with E-state index in [1.54, 1.807) is 6.92 Å². The van der Waals surface area contributed by atoms with Crippen molar-refractivity contribution in [1.82, 2.24) is 4.98 Å². The van der Waals surface area contributed by atoms with Crippen molar-refractivity contribution >= 4 is 17.9 Å². The van der Waals surface area contributed by atoms with E-state index in [0.29, 0.717) is 29.7 Å². The summed E-state index contributed by atoms with van der Waals surface area (Å²) >= 11 is 0. The van der Waals surface area contributed by atoms with Gasteiger partial charge >= 0.3 is 17.9 Å². The molecule has 1 heterocycles. The highest BCUT2D eigenvalue weighted by Crippen LogP contribution is 2.43. The molecule has 8 nitrogen and oxygen atoms in total. The molecule has 1 aliphatic carbocycles. The first kappa shape index (κ1) is 19.8. The Morgan fingerprint density at radius 3 is 2.38 bits per heavy atom. The van der Waals surface area contributed by atoms with Gasteiger partial charge in [-0.05, 0) is 43.2 Å². The van der Waals surface area contributed by atoms with Gasteiger partial charge in [-0.3, -0.25) is 14.6 Å². The molecule has 3 atom stereocenters. The Bertz CT molecular complexity index is 745. The minimum Gasteiger partial charge on any atom is -0.481 e. The molecule has 3 unspecified atom stereocenters. The summed E-state index contributed by atoms with van der Waals surface area (Å²) < 4.78 is 0. The average molecular weight is 365 g/mol. The molecule has 2 rings (SSSR count). The molecule has 0 saturated heterocycles. The minimum absolute atomic E-state index is 0.0190. The lowest BCUT2D eigenvalue weighted by molar-refractivity contribution is -0.145. The number of aliphatic hydroxyl groups is 1. The predicted molar refractivity (Wildman–Crippen MR) is 90.2 cm³/mol. The molecule has 0 bridgehead atoms. The van der Waals surface area contributed by atoms with Gasteiger partial charge in [0.25, 0.3) is 0 Å². The number of hydrogen-bond donors (Lipinski definition) is 4. The smallest absolute Gasteiger partial charge is 0.337 e. The van der Waals surface area contributed by atoms with Gasteiger partial charge in [-0.2, -0.15) is 0 Å². The third kappa shape index (κ3) is 3.41. The maximum absolute atomic E-state index is 11.6. The molecule has 0 aromatic carbocycles. The number of carboxylic acids is 3. The third-order valence-corrected chi connectivity index (χ3v) is 5.31. The molecule has 0 spiro atoms. The molecular weight excluding hydrogens is 342 g/mol. The number of nitrogens with zero attached hydrogens (tertiary/aromatic N) is 1. The van der Waals surface area contributed by atoms with Crippen LogP contribution in [0.4, 0.5) is 0 Å². The lowest BCUT2D eigenvalue weighted by Gasteiger charge is -2.38. The fourth-order valence-electron chi connectivity index (χ4n) is 3.52. The van der Waals surface area contributed by atoms with E-state index in [4.69, 9.17) is 5.11 Å². The second-order valence-corrected chi connectivity index (χ2v) is 7.03. The van der Waals surface area contributed by atoms with Gasteiger partial charge in [0.15, 0.2) is 0 Å². The Morgan fingerprint density at radius 2 is 1.92 bits per heavy atom. The van der Waals surface area contributed by atoms with Crippen LogP contribution in [0.1, 0.15) is 53.9 Å². The molecule has 0 amide bonds. The molecule has 0 radical (unpaired) electrons. The second-order valence-electron chi connectivity index (χ2n) is 7.03. The topological polar surface area (TPSA) is 145 Å². The highest BCUT2D eigenvalue weighted by molar-refractivity contribution is 5.91. The number of aliphatic hydroxyl groups excluding tert-OH is 1. The van der Waals surface area contributed by atoms with E-state index in [-0.39, 0.29) is 24.3 Å². The molecule has 8 heteroatoms. The molecule has 142 valence electrons. The van der Waals surface area contributed by atoms with Crippen LogP contribution in [0.5, 0.6) is 0 Å². The lowest BCUT2D eigenvalue weighted by Crippen LogP contribution is -2.45. The Hall–Kier alpha value is -2.48. The quantitative estimate of drug-likeness (QED) is 0.513. The van der Waals surface area contributed by atoms with Gasteiger partial charge in [-0.25, -0.2) is 4.79 Å². The second kappa shape index (κ2) is 7.41. The van der Waals surface area contributed by atoms with Crippen LogP contribution in [0.2, 0.25) is 0 Å². The first-order valence-electron chi connectivity index (χ1n) is 8.47. The van der Waals surface area contributed by atoms with Gasteiger partial charge in [0.1, 0.15) is 5.41 Å². The van der Waals surface area contributed by atoms with Crippen molar-refractivity contribution in [2.24, 2.45) is 11.8 Å². The van der Waals surface area contributed by atoms with Crippen molar-refractivity contribution in [1.29, 1.82) is 0 Å². The number of carbonyl (C=O) groups is 3. The zero-order valence-electron chi connectivity index (χ0n) is 14.7. The van der Waals surface area contributed by atoms with E-state index in [0.717, 1.165) is 0 Å². The van der Waals surface area contributed by atoms with Crippen molar-refractivity contribution in [2.45, 2.75) is 44.9 Å². The van der Waals surface area contributed by atoms with Crippen molar-refractivity contribution < 1.29 is 34.8 Å². The molecule has 4 N–H and O–H groups in total. The summed E-state index contributed by atoms with van der Waals surface area (Å²) in [4.78, 5) is 38.3. The molecule has 1 aromatic rings. The summed E-state index contributed by atoms with van der Waals surface area (Å²) in [7, 11) is 0. The summed E-state index contributed by atoms with van der Waals surface area (Å²) in [6, 6.07) is 0. The molecule has 0 aliphatic heterocycles. The maximum atomic E-state index is 11.6. The molecular formula is C18H23NO7. The number of hydrogen-bond acceptors (Lipinski definition) is 5. The number of carboxylic acid groups (broad SMARTS) is 3. The zero-order valence-corrected chi connectivity index (χ0v) is 14.7. The van der Waals surface area contributed by atoms with Crippen molar-refractivity contribution in [3.8, 4) is 0 Å². The number of rotatable bonds is 9. The van der Waals surface area contributed by atoms with Crippen LogP contribution in [-0.2, 0) is 27.8 Å². The lowest BCUT2D eigenvalue weighted by atomic mass is 9.65. The SMILES string of the molecule is CCC(Cc1c(C(=O)O)cnc2c1CC2(C)C(=O)O)CC(CO)C(=O)O. The highest BCUT2D eigenvalue weighted by atomic mass is 16.4. The van der Waals surface area contributed by atoms with Gasteiger partial charge in [-0.15, -0.1) is 0 Å². The number of pyridine rings is 1. The van der Waals surface area contributed by atoms with E-state index >= 15 is 0 Å². The molecule has 0 fully saturated rings. The Balaban J connectivity index is 2.38. The fourth-order valence-corrected chi connectivity index (χ4v) is 3.52. The van der Waals surface area contributed by atoms with E-state index < -0.39 is 35.8 Å². The summed E-state index contributed by atoms with van der Waals surface area (Å²) in [6.07, 6.45) is 2.51. The van der Waals surface area contributed by atoms with Gasteiger partial charge in [-0.1, -0.05) is 13.3 Å². The monoisotopic (exact) mass is 365 g/mol. The summed E-state index contributed by atoms with van der Waals surface area (Å²) in [5.41, 5.74) is 0.416. The standard InChI is InChI=1S/C18H23NO7/c1-3-9(4-10(8-20)15(21)22)5-11-12-6-18(2,17(25)26)14(12)19-7-13(11)16(23)24/h7,9-10,20H,3-6,8H2,1-2H3,(H,21,22)(H,23,24)(H,25,26). The largest absolute Gasteiger partial charge is 0.481 e. The van der Waals surface area contributed by atoms with Crippen LogP contribution in [0.25, 0.3) is 0 Å². The number of aromatic carboxylic acids is 1. The van der Waals surface area contributed by atoms with Crippen LogP contribution < -0.4 is 0 Å². The highest BCUT2D eigenvalue weighted by Gasteiger charge is 2.48. The van der Waals surface area contributed by atoms with Gasteiger partial charge < -0.3 is 20.4 Å². The van der Waals surface area contributed by atoms with E-state index in [1.807, 2.05) is 6.92 Å². The van der Waals surface area contributed by atoms with Crippen molar-refractivity contribution in [3.05, 3.63) is 28.6 Å². The third-order valence-electron chi connectivity index (χ3n) is 5.31. The Morgan fingerprint density at radius 1 is 1.27 bits per heavy atom. The molecule has 0 saturated carbocycles. The normalized spacial score (nSPS) is 20.6. The van der Waals surface area contributed by atoms with Gasteiger partial charge in [0.05, 0.1) is 23.8 Å². The van der Waals surface area contributed by atoms with Gasteiger partial charge in [0, 0.05) is 6.20 Å². The fraction of sp³-hybridized carbons (Fsp3) is 0.556. The Labute approximate surface area is 150 Å². The van der Waals surface area contributed by atoms with Crippen LogP contribution in [-0.4, -0.2) is 49.9 Å². The molecule has 1 aromatic heterocycles. The number of aliphatic carboxylic acids is 2. The zero-order chi connectivity index (χ0) is 19.6. The van der Waals surface area contributed by atoms with Crippen molar-refractivity contribution in [2.75, 3.05) is 6.61 Å². The van der Waals surface area contributed by atoms with Crippen molar-refractivity contribution in [3.63, 3.8) is 0 Å². The first-order chi connectivity index (χ1) is 12.2. The van der Waals surface area contributed by atoms with Gasteiger partial charge in [0.2, 0.25) is 0 Å². The maximum Gasteiger partial charge on any atom is 0.337 e. The van der Waals surface area contributed by atoms with Crippen LogP contribution in [0.15, 0.2) is 6.20 Å². The van der Waals surface area contributed by atoms with Crippen LogP contribution in [0, 0.1) is 11.8 Å². The van der Waals surface area contributed by atoms with E-state index in [2.05, 4.69) is 4.98 Å². The number of fused-ring (bicyclic) bond motifs is 1. The Kier molecular flexibility index (Phi) is 5.65. The minimum atomic E-state index is -1.15. The average Bonchev–Trinajstić information content (AvgIpc) is 2.56. The van der Waals surface area contributed by atoms with Crippen LogP contribution in [0.3, 0.4) is 0 Å². The van der Waals surface area contributed by atoms with Crippen LogP contribution >= 0.6 is 0 Å². The summed E-state index contributed by atoms with van der Waals surface area (Å²) in [5.74, 6) is -4.31. The first-order valence-corrected chi connectivity index (χ1v) is 8.47. The molecule has 1 aliphatic rings. The van der Waals surface area contributed by atoms with E-state index in [9.17, 15) is 29.7 Å².